The minimum absolute atomic E-state index is 0.00347. The molecule has 0 atom stereocenters. The maximum atomic E-state index is 12.9. The quantitative estimate of drug-likeness (QED) is 0.383. The van der Waals surface area contributed by atoms with Crippen LogP contribution in [-0.4, -0.2) is 32.0 Å². The summed E-state index contributed by atoms with van der Waals surface area (Å²) in [6.07, 6.45) is 0.240. The molecular formula is C24H28O7. The van der Waals surface area contributed by atoms with Crippen molar-refractivity contribution in [1.29, 1.82) is 0 Å². The SMILES string of the molecule is Cc1c(O)c(C(=O)CC(C)C)c2oc3c(C)c(O)c(C(=O)CC(C)C)c(O)c3c2c1O. The summed E-state index contributed by atoms with van der Waals surface area (Å²) in [6.45, 7) is 10.4. The number of carbonyl (C=O) groups is 2. The molecule has 0 unspecified atom stereocenters. The minimum Gasteiger partial charge on any atom is -0.507 e. The summed E-state index contributed by atoms with van der Waals surface area (Å²) in [5, 5.41) is 43.1. The molecule has 4 N–H and O–H groups in total. The van der Waals surface area contributed by atoms with E-state index in [0.29, 0.717) is 0 Å². The molecule has 0 spiro atoms. The van der Waals surface area contributed by atoms with Crippen LogP contribution >= 0.6 is 0 Å². The lowest BCUT2D eigenvalue weighted by Crippen LogP contribution is -2.05. The monoisotopic (exact) mass is 428 g/mol. The van der Waals surface area contributed by atoms with E-state index in [-0.39, 0.29) is 80.4 Å². The van der Waals surface area contributed by atoms with Crippen LogP contribution in [0, 0.1) is 25.7 Å². The Labute approximate surface area is 179 Å². The highest BCUT2D eigenvalue weighted by atomic mass is 16.3. The Hall–Kier alpha value is -3.22. The molecule has 0 aliphatic rings. The zero-order valence-electron chi connectivity index (χ0n) is 18.6. The van der Waals surface area contributed by atoms with Gasteiger partial charge in [-0.3, -0.25) is 9.59 Å². The summed E-state index contributed by atoms with van der Waals surface area (Å²) in [5.74, 6) is -2.51. The highest BCUT2D eigenvalue weighted by Gasteiger charge is 2.32. The van der Waals surface area contributed by atoms with E-state index in [1.807, 2.05) is 27.7 Å². The number of Topliss-reactive ketones (excluding diaryl/α,β-unsaturated/α-hetero) is 2. The van der Waals surface area contributed by atoms with Crippen molar-refractivity contribution in [3.63, 3.8) is 0 Å². The van der Waals surface area contributed by atoms with Crippen molar-refractivity contribution >= 4 is 33.5 Å². The highest BCUT2D eigenvalue weighted by Crippen LogP contribution is 2.51. The number of benzene rings is 2. The number of carbonyl (C=O) groups excluding carboxylic acids is 2. The van der Waals surface area contributed by atoms with Gasteiger partial charge in [-0.1, -0.05) is 27.7 Å². The number of furan rings is 1. The molecule has 0 saturated carbocycles. The molecule has 7 heteroatoms. The maximum absolute atomic E-state index is 12.9. The van der Waals surface area contributed by atoms with Crippen LogP contribution in [0.25, 0.3) is 21.9 Å². The van der Waals surface area contributed by atoms with Gasteiger partial charge in [0.25, 0.3) is 0 Å². The predicted octanol–water partition coefficient (Wildman–Crippen LogP) is 5.48. The number of aromatic hydroxyl groups is 4. The Morgan fingerprint density at radius 2 is 1.13 bits per heavy atom. The fourth-order valence-electron chi connectivity index (χ4n) is 3.92. The van der Waals surface area contributed by atoms with Crippen LogP contribution in [0.2, 0.25) is 0 Å². The van der Waals surface area contributed by atoms with Gasteiger partial charge in [0.05, 0.1) is 10.8 Å². The van der Waals surface area contributed by atoms with Gasteiger partial charge in [0.15, 0.2) is 17.1 Å². The first-order chi connectivity index (χ1) is 14.4. The van der Waals surface area contributed by atoms with Gasteiger partial charge in [-0.2, -0.15) is 0 Å². The van der Waals surface area contributed by atoms with Crippen molar-refractivity contribution in [3.05, 3.63) is 22.3 Å². The van der Waals surface area contributed by atoms with E-state index in [2.05, 4.69) is 0 Å². The van der Waals surface area contributed by atoms with E-state index in [9.17, 15) is 30.0 Å². The standard InChI is InChI=1S/C24H28O7/c1-9(2)7-13(25)15-21(29)12(6)23-18(22(15)30)17-20(28)11(5)19(27)16(24(17)31-23)14(26)8-10(3)4/h9-10,27-30H,7-8H2,1-6H3. The van der Waals surface area contributed by atoms with Gasteiger partial charge >= 0.3 is 0 Å². The number of aryl methyl sites for hydroxylation is 1. The number of ketones is 2. The maximum Gasteiger partial charge on any atom is 0.170 e. The Balaban J connectivity index is 2.50. The lowest BCUT2D eigenvalue weighted by atomic mass is 9.92. The Bertz CT molecular complexity index is 1230. The van der Waals surface area contributed by atoms with Crippen molar-refractivity contribution in [2.24, 2.45) is 11.8 Å². The molecule has 1 heterocycles. The Morgan fingerprint density at radius 3 is 1.65 bits per heavy atom. The smallest absolute Gasteiger partial charge is 0.170 e. The first kappa shape index (κ1) is 22.5. The summed E-state index contributed by atoms with van der Waals surface area (Å²) < 4.78 is 5.84. The molecular weight excluding hydrogens is 400 g/mol. The second kappa shape index (κ2) is 7.80. The van der Waals surface area contributed by atoms with Crippen molar-refractivity contribution in [2.45, 2.75) is 54.4 Å². The number of fused-ring (bicyclic) bond motifs is 3. The number of phenolic OH excluding ortho intramolecular Hbond substituents is 4. The second-order valence-electron chi connectivity index (χ2n) is 8.95. The minimum atomic E-state index is -0.523. The fourth-order valence-corrected chi connectivity index (χ4v) is 3.92. The zero-order valence-corrected chi connectivity index (χ0v) is 18.6. The molecule has 2 aromatic carbocycles. The van der Waals surface area contributed by atoms with Crippen molar-refractivity contribution < 1.29 is 34.4 Å². The molecule has 7 nitrogen and oxygen atoms in total. The largest absolute Gasteiger partial charge is 0.507 e. The lowest BCUT2D eigenvalue weighted by molar-refractivity contribution is 0.0955. The molecule has 0 bridgehead atoms. The Morgan fingerprint density at radius 1 is 0.677 bits per heavy atom. The van der Waals surface area contributed by atoms with Gasteiger partial charge in [-0.25, -0.2) is 0 Å². The topological polar surface area (TPSA) is 128 Å². The van der Waals surface area contributed by atoms with Crippen molar-refractivity contribution in [3.8, 4) is 23.0 Å². The summed E-state index contributed by atoms with van der Waals surface area (Å²) in [5.41, 5.74) is -0.153. The van der Waals surface area contributed by atoms with Gasteiger partial charge in [0.1, 0.15) is 39.7 Å². The molecule has 3 rings (SSSR count). The highest BCUT2D eigenvalue weighted by molar-refractivity contribution is 6.22. The summed E-state index contributed by atoms with van der Waals surface area (Å²) >= 11 is 0. The van der Waals surface area contributed by atoms with Crippen LogP contribution in [0.5, 0.6) is 23.0 Å². The number of rotatable bonds is 6. The average molecular weight is 428 g/mol. The van der Waals surface area contributed by atoms with E-state index in [0.717, 1.165) is 0 Å². The van der Waals surface area contributed by atoms with Gasteiger partial charge in [0, 0.05) is 24.0 Å². The third-order valence-electron chi connectivity index (χ3n) is 5.47. The van der Waals surface area contributed by atoms with E-state index in [1.54, 1.807) is 0 Å². The molecule has 1 aromatic heterocycles. The van der Waals surface area contributed by atoms with Crippen molar-refractivity contribution in [1.82, 2.24) is 0 Å². The van der Waals surface area contributed by atoms with Crippen LogP contribution in [0.15, 0.2) is 4.42 Å². The molecule has 0 aliphatic heterocycles. The molecule has 0 radical (unpaired) electrons. The van der Waals surface area contributed by atoms with Crippen LogP contribution in [-0.2, 0) is 0 Å². The van der Waals surface area contributed by atoms with Gasteiger partial charge < -0.3 is 24.8 Å². The molecule has 0 aliphatic carbocycles. The first-order valence-electron chi connectivity index (χ1n) is 10.3. The van der Waals surface area contributed by atoms with E-state index < -0.39 is 23.0 Å². The third-order valence-corrected chi connectivity index (χ3v) is 5.47. The van der Waals surface area contributed by atoms with Crippen molar-refractivity contribution in [2.75, 3.05) is 0 Å². The van der Waals surface area contributed by atoms with E-state index >= 15 is 0 Å². The van der Waals surface area contributed by atoms with Crippen LogP contribution in [0.3, 0.4) is 0 Å². The van der Waals surface area contributed by atoms with Gasteiger partial charge in [-0.15, -0.1) is 0 Å². The molecule has 3 aromatic rings. The van der Waals surface area contributed by atoms with Crippen LogP contribution < -0.4 is 0 Å². The fraction of sp³-hybridized carbons (Fsp3) is 0.417. The second-order valence-corrected chi connectivity index (χ2v) is 8.95. The molecule has 31 heavy (non-hydrogen) atoms. The average Bonchev–Trinajstić information content (AvgIpc) is 3.04. The molecule has 0 saturated heterocycles. The van der Waals surface area contributed by atoms with E-state index in [1.165, 1.54) is 13.8 Å². The van der Waals surface area contributed by atoms with Gasteiger partial charge in [-0.05, 0) is 25.7 Å². The number of hydrogen-bond acceptors (Lipinski definition) is 7. The molecule has 0 fully saturated rings. The third kappa shape index (κ3) is 3.48. The van der Waals surface area contributed by atoms with E-state index in [4.69, 9.17) is 4.42 Å². The van der Waals surface area contributed by atoms with Crippen LogP contribution in [0.4, 0.5) is 0 Å². The molecule has 166 valence electrons. The predicted molar refractivity (Wildman–Crippen MR) is 117 cm³/mol. The Kier molecular flexibility index (Phi) is 5.65. The normalized spacial score (nSPS) is 11.9. The van der Waals surface area contributed by atoms with Crippen LogP contribution in [0.1, 0.15) is 72.4 Å². The number of hydrogen-bond donors (Lipinski definition) is 4. The summed E-state index contributed by atoms with van der Waals surface area (Å²) in [7, 11) is 0. The number of phenols is 4. The van der Waals surface area contributed by atoms with Gasteiger partial charge in [0.2, 0.25) is 0 Å². The molecule has 0 amide bonds. The first-order valence-corrected chi connectivity index (χ1v) is 10.3. The zero-order chi connectivity index (χ0) is 23.4. The summed E-state index contributed by atoms with van der Waals surface area (Å²) in [6, 6.07) is 0. The summed E-state index contributed by atoms with van der Waals surface area (Å²) in [4.78, 5) is 25.6. The lowest BCUT2D eigenvalue weighted by Gasteiger charge is -2.12.